The normalized spacial score (nSPS) is 11.3. The molecule has 0 aliphatic carbocycles. The molecule has 1 aromatic heterocycles. The van der Waals surface area contributed by atoms with Gasteiger partial charge in [0.1, 0.15) is 0 Å². The van der Waals surface area contributed by atoms with Gasteiger partial charge in [0.05, 0.1) is 19.1 Å². The number of rotatable bonds is 9. The monoisotopic (exact) mass is 556 g/mol. The van der Waals surface area contributed by atoms with E-state index in [9.17, 15) is 8.42 Å². The largest absolute Gasteiger partial charge is 0.493 e. The Balaban J connectivity index is 1.64. The third kappa shape index (κ3) is 5.52. The van der Waals surface area contributed by atoms with Crippen LogP contribution in [0.5, 0.6) is 11.5 Å². The number of anilines is 1. The summed E-state index contributed by atoms with van der Waals surface area (Å²) in [6, 6.07) is 19.6. The Morgan fingerprint density at radius 1 is 0.943 bits per heavy atom. The minimum atomic E-state index is -3.92. The zero-order valence-electron chi connectivity index (χ0n) is 19.5. The van der Waals surface area contributed by atoms with Crippen molar-refractivity contribution in [2.45, 2.75) is 23.3 Å². The average molecular weight is 557 g/mol. The van der Waals surface area contributed by atoms with Gasteiger partial charge in [-0.1, -0.05) is 39.7 Å². The summed E-state index contributed by atoms with van der Waals surface area (Å²) in [6.45, 7) is 2.39. The number of sulfone groups is 1. The fourth-order valence-electron chi connectivity index (χ4n) is 3.50. The van der Waals surface area contributed by atoms with E-state index >= 15 is 0 Å². The highest BCUT2D eigenvalue weighted by atomic mass is 79.9. The first-order chi connectivity index (χ1) is 16.8. The average Bonchev–Trinajstić information content (AvgIpc) is 3.29. The molecule has 0 saturated heterocycles. The van der Waals surface area contributed by atoms with Crippen LogP contribution in [0.3, 0.4) is 0 Å². The fourth-order valence-corrected chi connectivity index (χ4v) is 5.04. The fraction of sp³-hybridized carbons (Fsp3) is 0.192. The van der Waals surface area contributed by atoms with Gasteiger partial charge in [-0.05, 0) is 67.4 Å². The molecule has 0 aliphatic rings. The number of oxazole rings is 1. The van der Waals surface area contributed by atoms with E-state index in [0.29, 0.717) is 30.0 Å². The lowest BCUT2D eigenvalue weighted by atomic mass is 10.1. The van der Waals surface area contributed by atoms with Gasteiger partial charge in [-0.3, -0.25) is 0 Å². The van der Waals surface area contributed by atoms with Crippen LogP contribution in [0.4, 0.5) is 5.88 Å². The Labute approximate surface area is 213 Å². The van der Waals surface area contributed by atoms with Crippen LogP contribution in [0.2, 0.25) is 0 Å². The van der Waals surface area contributed by atoms with Crippen LogP contribution < -0.4 is 14.8 Å². The van der Waals surface area contributed by atoms with Gasteiger partial charge in [0, 0.05) is 16.6 Å². The predicted molar refractivity (Wildman–Crippen MR) is 138 cm³/mol. The smallest absolute Gasteiger partial charge is 0.233 e. The van der Waals surface area contributed by atoms with E-state index in [-0.39, 0.29) is 21.7 Å². The van der Waals surface area contributed by atoms with Crippen LogP contribution in [0, 0.1) is 6.92 Å². The van der Waals surface area contributed by atoms with E-state index < -0.39 is 9.84 Å². The second kappa shape index (κ2) is 10.5. The topological polar surface area (TPSA) is 90.7 Å². The molecule has 0 bridgehead atoms. The van der Waals surface area contributed by atoms with Crippen molar-refractivity contribution in [1.82, 2.24) is 4.98 Å². The summed E-state index contributed by atoms with van der Waals surface area (Å²) in [5, 5.41) is 2.98. The molecule has 0 amide bonds. The Morgan fingerprint density at radius 2 is 1.63 bits per heavy atom. The summed E-state index contributed by atoms with van der Waals surface area (Å²) >= 11 is 3.34. The lowest BCUT2D eigenvalue weighted by molar-refractivity contribution is 0.354. The summed E-state index contributed by atoms with van der Waals surface area (Å²) in [7, 11) is -0.752. The summed E-state index contributed by atoms with van der Waals surface area (Å²) in [4.78, 5) is 4.52. The molecule has 9 heteroatoms. The molecule has 0 saturated carbocycles. The number of methoxy groups -OCH3 is 2. The molecule has 0 unspecified atom stereocenters. The number of halogens is 1. The minimum absolute atomic E-state index is 0.101. The predicted octanol–water partition coefficient (Wildman–Crippen LogP) is 5.92. The van der Waals surface area contributed by atoms with Crippen molar-refractivity contribution >= 4 is 31.7 Å². The van der Waals surface area contributed by atoms with Gasteiger partial charge in [-0.2, -0.15) is 4.98 Å². The van der Waals surface area contributed by atoms with Gasteiger partial charge in [0.25, 0.3) is 0 Å². The molecular formula is C26H25BrN2O5S. The molecule has 0 atom stereocenters. The van der Waals surface area contributed by atoms with Crippen LogP contribution in [-0.2, 0) is 16.3 Å². The van der Waals surface area contributed by atoms with Crippen molar-refractivity contribution in [2.75, 3.05) is 26.1 Å². The highest BCUT2D eigenvalue weighted by Gasteiger charge is 2.28. The van der Waals surface area contributed by atoms with E-state index in [1.165, 1.54) is 12.1 Å². The van der Waals surface area contributed by atoms with Gasteiger partial charge in [-0.25, -0.2) is 8.42 Å². The molecule has 4 aromatic rings. The maximum absolute atomic E-state index is 13.4. The Morgan fingerprint density at radius 3 is 2.29 bits per heavy atom. The number of hydrogen-bond donors (Lipinski definition) is 1. The van der Waals surface area contributed by atoms with Gasteiger partial charge in [0.2, 0.25) is 26.6 Å². The molecule has 0 spiro atoms. The van der Waals surface area contributed by atoms with Crippen molar-refractivity contribution in [3.8, 4) is 23.0 Å². The Bertz CT molecular complexity index is 1420. The maximum Gasteiger partial charge on any atom is 0.233 e. The first-order valence-corrected chi connectivity index (χ1v) is 13.1. The Kier molecular flexibility index (Phi) is 7.47. The highest BCUT2D eigenvalue weighted by Crippen LogP contribution is 2.33. The molecule has 35 heavy (non-hydrogen) atoms. The molecule has 3 aromatic carbocycles. The van der Waals surface area contributed by atoms with Crippen LogP contribution in [-0.4, -0.2) is 34.2 Å². The van der Waals surface area contributed by atoms with Crippen molar-refractivity contribution in [2.24, 2.45) is 0 Å². The number of nitrogens with one attached hydrogen (secondary N) is 1. The number of nitrogens with zero attached hydrogens (tertiary/aromatic N) is 1. The van der Waals surface area contributed by atoms with Crippen molar-refractivity contribution < 1.29 is 22.3 Å². The number of aromatic nitrogens is 1. The molecule has 0 radical (unpaired) electrons. The Hall–Kier alpha value is -3.30. The lowest BCUT2D eigenvalue weighted by Gasteiger charge is -2.10. The number of ether oxygens (including phenoxy) is 2. The first-order valence-electron chi connectivity index (χ1n) is 10.8. The van der Waals surface area contributed by atoms with Crippen LogP contribution in [0.1, 0.15) is 11.1 Å². The van der Waals surface area contributed by atoms with E-state index in [4.69, 9.17) is 13.9 Å². The SMILES string of the molecule is COc1ccc(CCNc2oc(-c3ccc(C)cc3)nc2S(=O)(=O)c2ccc(Br)cc2)cc1OC. The van der Waals surface area contributed by atoms with Crippen LogP contribution in [0.15, 0.2) is 85.5 Å². The van der Waals surface area contributed by atoms with Gasteiger partial charge >= 0.3 is 0 Å². The molecule has 0 aliphatic heterocycles. The standard InChI is InChI=1S/C26H25BrN2O5S/c1-17-4-7-19(8-5-17)24-29-26(35(30,31)21-11-9-20(27)10-12-21)25(34-24)28-15-14-18-6-13-22(32-2)23(16-18)33-3/h4-13,16,28H,14-15H2,1-3H3. The zero-order valence-corrected chi connectivity index (χ0v) is 21.9. The van der Waals surface area contributed by atoms with Crippen LogP contribution >= 0.6 is 15.9 Å². The molecule has 4 rings (SSSR count). The molecule has 7 nitrogen and oxygen atoms in total. The quantitative estimate of drug-likeness (QED) is 0.273. The minimum Gasteiger partial charge on any atom is -0.493 e. The lowest BCUT2D eigenvalue weighted by Crippen LogP contribution is -2.10. The first kappa shape index (κ1) is 24.8. The van der Waals surface area contributed by atoms with Crippen molar-refractivity contribution in [3.05, 3.63) is 82.3 Å². The number of aryl methyl sites for hydroxylation is 1. The van der Waals surface area contributed by atoms with Crippen molar-refractivity contribution in [1.29, 1.82) is 0 Å². The summed E-state index contributed by atoms with van der Waals surface area (Å²) in [5.41, 5.74) is 2.76. The molecule has 0 fully saturated rings. The highest BCUT2D eigenvalue weighted by molar-refractivity contribution is 9.10. The summed E-state index contributed by atoms with van der Waals surface area (Å²) < 4.78 is 44.3. The second-order valence-electron chi connectivity index (χ2n) is 7.84. The molecular weight excluding hydrogens is 532 g/mol. The van der Waals surface area contributed by atoms with Crippen LogP contribution in [0.25, 0.3) is 11.5 Å². The van der Waals surface area contributed by atoms with Gasteiger partial charge in [-0.15, -0.1) is 0 Å². The van der Waals surface area contributed by atoms with Gasteiger partial charge in [0.15, 0.2) is 11.5 Å². The molecule has 1 N–H and O–H groups in total. The third-order valence-corrected chi connectivity index (χ3v) is 7.63. The van der Waals surface area contributed by atoms with Crippen molar-refractivity contribution in [3.63, 3.8) is 0 Å². The van der Waals surface area contributed by atoms with E-state index in [1.807, 2.05) is 49.4 Å². The maximum atomic E-state index is 13.4. The molecule has 182 valence electrons. The zero-order chi connectivity index (χ0) is 25.0. The third-order valence-electron chi connectivity index (χ3n) is 5.42. The summed E-state index contributed by atoms with van der Waals surface area (Å²) in [6.07, 6.45) is 0.596. The van der Waals surface area contributed by atoms with E-state index in [0.717, 1.165) is 15.6 Å². The summed E-state index contributed by atoms with van der Waals surface area (Å²) in [5.74, 6) is 1.60. The van der Waals surface area contributed by atoms with Gasteiger partial charge < -0.3 is 19.2 Å². The number of hydrogen-bond acceptors (Lipinski definition) is 7. The van der Waals surface area contributed by atoms with E-state index in [2.05, 4.69) is 26.2 Å². The second-order valence-corrected chi connectivity index (χ2v) is 10.6. The number of benzene rings is 3. The molecule has 1 heterocycles. The van der Waals surface area contributed by atoms with E-state index in [1.54, 1.807) is 26.4 Å².